The largest absolute Gasteiger partial charge is 0.492 e. The highest BCUT2D eigenvalue weighted by atomic mass is 35.5. The van der Waals surface area contributed by atoms with E-state index in [0.717, 1.165) is 57.7 Å². The summed E-state index contributed by atoms with van der Waals surface area (Å²) >= 11 is 5.86. The van der Waals surface area contributed by atoms with Crippen LogP contribution in [-0.2, 0) is 4.79 Å². The van der Waals surface area contributed by atoms with Gasteiger partial charge in [0.25, 0.3) is 0 Å². The number of carbonyl (C=O) groups excluding carboxylic acids is 1. The maximum Gasteiger partial charge on any atom is 0.225 e. The third kappa shape index (κ3) is 6.46. The predicted octanol–water partition coefficient (Wildman–Crippen LogP) is 2.83. The molecule has 1 heterocycles. The molecule has 3 rings (SSSR count). The van der Waals surface area contributed by atoms with E-state index in [1.54, 1.807) is 0 Å². The van der Waals surface area contributed by atoms with Crippen molar-refractivity contribution in [2.75, 3.05) is 39.3 Å². The maximum atomic E-state index is 12.5. The summed E-state index contributed by atoms with van der Waals surface area (Å²) in [4.78, 5) is 16.9. The third-order valence-electron chi connectivity index (χ3n) is 5.00. The Balaban J connectivity index is 0.00000169. The van der Waals surface area contributed by atoms with E-state index < -0.39 is 0 Å². The molecule has 1 saturated heterocycles. The SMILES string of the molecule is Cl.Cl.NC1CCC(C(=O)N2CCN(CCOc3ccc(Cl)cc3)CC2)C1. The second-order valence-electron chi connectivity index (χ2n) is 6.74. The number of piperazine rings is 1. The van der Waals surface area contributed by atoms with Gasteiger partial charge in [0.05, 0.1) is 0 Å². The molecule has 1 aromatic carbocycles. The number of halogens is 3. The maximum absolute atomic E-state index is 12.5. The van der Waals surface area contributed by atoms with E-state index in [4.69, 9.17) is 22.1 Å². The normalized spacial score (nSPS) is 23.1. The molecule has 2 aliphatic rings. The highest BCUT2D eigenvalue weighted by Gasteiger charge is 2.32. The molecule has 1 aliphatic carbocycles. The predicted molar refractivity (Wildman–Crippen MR) is 110 cm³/mol. The third-order valence-corrected chi connectivity index (χ3v) is 5.25. The molecule has 0 radical (unpaired) electrons. The minimum Gasteiger partial charge on any atom is -0.492 e. The number of carbonyl (C=O) groups is 1. The van der Waals surface area contributed by atoms with Crippen LogP contribution in [0.3, 0.4) is 0 Å². The fraction of sp³-hybridized carbons (Fsp3) is 0.611. The van der Waals surface area contributed by atoms with Gasteiger partial charge in [0.15, 0.2) is 0 Å². The number of nitrogens with two attached hydrogens (primary N) is 1. The molecule has 1 saturated carbocycles. The Hall–Kier alpha value is -0.720. The van der Waals surface area contributed by atoms with E-state index in [2.05, 4.69) is 4.90 Å². The monoisotopic (exact) mass is 423 g/mol. The molecule has 0 aromatic heterocycles. The fourth-order valence-corrected chi connectivity index (χ4v) is 3.64. The summed E-state index contributed by atoms with van der Waals surface area (Å²) < 4.78 is 5.74. The van der Waals surface area contributed by atoms with Gasteiger partial charge in [-0.2, -0.15) is 0 Å². The summed E-state index contributed by atoms with van der Waals surface area (Å²) in [5.74, 6) is 1.30. The van der Waals surface area contributed by atoms with Gasteiger partial charge < -0.3 is 15.4 Å². The molecule has 0 bridgehead atoms. The molecule has 1 amide bonds. The van der Waals surface area contributed by atoms with E-state index in [1.807, 2.05) is 29.2 Å². The summed E-state index contributed by atoms with van der Waals surface area (Å²) in [5.41, 5.74) is 5.93. The number of benzene rings is 1. The topological polar surface area (TPSA) is 58.8 Å². The van der Waals surface area contributed by atoms with Crippen molar-refractivity contribution in [1.82, 2.24) is 9.80 Å². The van der Waals surface area contributed by atoms with Crippen molar-refractivity contribution in [2.24, 2.45) is 11.7 Å². The van der Waals surface area contributed by atoms with Gasteiger partial charge in [0, 0.05) is 49.7 Å². The molecule has 26 heavy (non-hydrogen) atoms. The van der Waals surface area contributed by atoms with Gasteiger partial charge in [-0.1, -0.05) is 11.6 Å². The lowest BCUT2D eigenvalue weighted by atomic mass is 10.1. The van der Waals surface area contributed by atoms with Crippen LogP contribution in [0.15, 0.2) is 24.3 Å². The number of ether oxygens (including phenoxy) is 1. The van der Waals surface area contributed by atoms with Crippen LogP contribution in [0.4, 0.5) is 0 Å². The van der Waals surface area contributed by atoms with Gasteiger partial charge in [-0.25, -0.2) is 0 Å². The van der Waals surface area contributed by atoms with Crippen LogP contribution in [0.5, 0.6) is 5.75 Å². The molecule has 2 N–H and O–H groups in total. The lowest BCUT2D eigenvalue weighted by Gasteiger charge is -2.35. The van der Waals surface area contributed by atoms with Crippen molar-refractivity contribution >= 4 is 42.3 Å². The number of hydrogen-bond acceptors (Lipinski definition) is 4. The van der Waals surface area contributed by atoms with E-state index >= 15 is 0 Å². The molecule has 0 spiro atoms. The molecule has 148 valence electrons. The van der Waals surface area contributed by atoms with Crippen molar-refractivity contribution < 1.29 is 9.53 Å². The zero-order valence-electron chi connectivity index (χ0n) is 14.8. The van der Waals surface area contributed by atoms with Gasteiger partial charge in [0.1, 0.15) is 12.4 Å². The average Bonchev–Trinajstić information content (AvgIpc) is 3.03. The van der Waals surface area contributed by atoms with Crippen LogP contribution in [0.1, 0.15) is 19.3 Å². The first-order valence-electron chi connectivity index (χ1n) is 8.77. The summed E-state index contributed by atoms with van der Waals surface area (Å²) in [7, 11) is 0. The molecule has 2 atom stereocenters. The Labute approximate surface area is 173 Å². The molecular formula is C18H28Cl3N3O2. The summed E-state index contributed by atoms with van der Waals surface area (Å²) in [6.45, 7) is 4.96. The molecule has 1 aliphatic heterocycles. The summed E-state index contributed by atoms with van der Waals surface area (Å²) in [6.07, 6.45) is 2.79. The first kappa shape index (κ1) is 23.3. The Morgan fingerprint density at radius 2 is 1.77 bits per heavy atom. The lowest BCUT2D eigenvalue weighted by molar-refractivity contribution is -0.137. The van der Waals surface area contributed by atoms with Crippen LogP contribution >= 0.6 is 36.4 Å². The van der Waals surface area contributed by atoms with Crippen LogP contribution in [-0.4, -0.2) is 61.1 Å². The Morgan fingerprint density at radius 3 is 2.35 bits per heavy atom. The average molecular weight is 425 g/mol. The Kier molecular flexibility index (Phi) is 10.0. The van der Waals surface area contributed by atoms with Crippen molar-refractivity contribution in [3.63, 3.8) is 0 Å². The van der Waals surface area contributed by atoms with E-state index in [9.17, 15) is 4.79 Å². The number of hydrogen-bond donors (Lipinski definition) is 1. The molecule has 2 unspecified atom stereocenters. The van der Waals surface area contributed by atoms with Crippen LogP contribution < -0.4 is 10.5 Å². The Morgan fingerprint density at radius 1 is 1.12 bits per heavy atom. The molecule has 1 aromatic rings. The van der Waals surface area contributed by atoms with Gasteiger partial charge in [-0.15, -0.1) is 24.8 Å². The zero-order valence-corrected chi connectivity index (χ0v) is 17.2. The standard InChI is InChI=1S/C18H26ClN3O2.2ClH/c19-15-2-5-17(6-3-15)24-12-11-21-7-9-22(10-8-21)18(23)14-1-4-16(20)13-14;;/h2-3,5-6,14,16H,1,4,7-13,20H2;2*1H. The van der Waals surface area contributed by atoms with Gasteiger partial charge in [0.2, 0.25) is 5.91 Å². The van der Waals surface area contributed by atoms with Gasteiger partial charge >= 0.3 is 0 Å². The summed E-state index contributed by atoms with van der Waals surface area (Å²) in [5, 5.41) is 0.714. The van der Waals surface area contributed by atoms with Crippen LogP contribution in [0.2, 0.25) is 5.02 Å². The Bertz CT molecular complexity index is 551. The highest BCUT2D eigenvalue weighted by molar-refractivity contribution is 6.30. The number of nitrogens with zero attached hydrogens (tertiary/aromatic N) is 2. The second-order valence-corrected chi connectivity index (χ2v) is 7.18. The summed E-state index contributed by atoms with van der Waals surface area (Å²) in [6, 6.07) is 7.63. The lowest BCUT2D eigenvalue weighted by Crippen LogP contribution is -2.50. The van der Waals surface area contributed by atoms with E-state index in [-0.39, 0.29) is 36.8 Å². The molecule has 8 heteroatoms. The zero-order chi connectivity index (χ0) is 16.9. The van der Waals surface area contributed by atoms with Crippen molar-refractivity contribution in [3.8, 4) is 5.75 Å². The van der Waals surface area contributed by atoms with Gasteiger partial charge in [-0.05, 0) is 43.5 Å². The molecule has 2 fully saturated rings. The van der Waals surface area contributed by atoms with Crippen LogP contribution in [0.25, 0.3) is 0 Å². The van der Waals surface area contributed by atoms with Crippen molar-refractivity contribution in [3.05, 3.63) is 29.3 Å². The van der Waals surface area contributed by atoms with E-state index in [1.165, 1.54) is 0 Å². The molecular weight excluding hydrogens is 397 g/mol. The van der Waals surface area contributed by atoms with Crippen molar-refractivity contribution in [2.45, 2.75) is 25.3 Å². The number of amides is 1. The molecule has 5 nitrogen and oxygen atoms in total. The van der Waals surface area contributed by atoms with Gasteiger partial charge in [-0.3, -0.25) is 9.69 Å². The smallest absolute Gasteiger partial charge is 0.225 e. The highest BCUT2D eigenvalue weighted by Crippen LogP contribution is 2.26. The minimum absolute atomic E-state index is 0. The number of rotatable bonds is 5. The van der Waals surface area contributed by atoms with Crippen molar-refractivity contribution in [1.29, 1.82) is 0 Å². The quantitative estimate of drug-likeness (QED) is 0.789. The minimum atomic E-state index is 0. The van der Waals surface area contributed by atoms with Crippen LogP contribution in [0, 0.1) is 5.92 Å². The first-order chi connectivity index (χ1) is 11.6. The second kappa shape index (κ2) is 11.2. The fourth-order valence-electron chi connectivity index (χ4n) is 3.51. The van der Waals surface area contributed by atoms with E-state index in [0.29, 0.717) is 17.5 Å². The first-order valence-corrected chi connectivity index (χ1v) is 9.14.